The Hall–Kier alpha value is -2.49. The maximum Gasteiger partial charge on any atom is 0.251 e. The molecule has 2 aromatic carbocycles. The van der Waals surface area contributed by atoms with E-state index in [-0.39, 0.29) is 17.8 Å². The number of aromatic hydroxyl groups is 1. The van der Waals surface area contributed by atoms with Gasteiger partial charge in [0.15, 0.2) is 0 Å². The van der Waals surface area contributed by atoms with Crippen LogP contribution < -0.4 is 10.1 Å². The lowest BCUT2D eigenvalue weighted by molar-refractivity contribution is 0.0933. The van der Waals surface area contributed by atoms with Crippen molar-refractivity contribution < 1.29 is 14.6 Å². The summed E-state index contributed by atoms with van der Waals surface area (Å²) in [6.07, 6.45) is 0.792. The fourth-order valence-electron chi connectivity index (χ4n) is 2.29. The number of para-hydroxylation sites is 1. The molecule has 0 bridgehead atoms. The predicted molar refractivity (Wildman–Crippen MR) is 75.0 cm³/mol. The van der Waals surface area contributed by atoms with Gasteiger partial charge in [-0.15, -0.1) is 0 Å². The first-order valence-electron chi connectivity index (χ1n) is 6.54. The molecule has 0 saturated carbocycles. The topological polar surface area (TPSA) is 58.6 Å². The van der Waals surface area contributed by atoms with E-state index >= 15 is 0 Å². The molecule has 1 heterocycles. The first kappa shape index (κ1) is 12.5. The minimum Gasteiger partial charge on any atom is -0.508 e. The number of hydrogen-bond acceptors (Lipinski definition) is 3. The largest absolute Gasteiger partial charge is 0.508 e. The summed E-state index contributed by atoms with van der Waals surface area (Å²) in [7, 11) is 0. The molecule has 0 radical (unpaired) electrons. The molecule has 1 unspecified atom stereocenters. The Morgan fingerprint density at radius 2 is 1.95 bits per heavy atom. The molecule has 0 aliphatic carbocycles. The third kappa shape index (κ3) is 2.59. The zero-order valence-corrected chi connectivity index (χ0v) is 10.9. The number of amides is 1. The molecule has 0 spiro atoms. The number of fused-ring (bicyclic) bond motifs is 1. The molecule has 2 aromatic rings. The van der Waals surface area contributed by atoms with Crippen LogP contribution in [0.5, 0.6) is 11.5 Å². The van der Waals surface area contributed by atoms with Crippen LogP contribution in [-0.4, -0.2) is 23.7 Å². The Morgan fingerprint density at radius 3 is 2.70 bits per heavy atom. The second-order valence-corrected chi connectivity index (χ2v) is 4.81. The van der Waals surface area contributed by atoms with E-state index in [2.05, 4.69) is 5.32 Å². The van der Waals surface area contributed by atoms with Crippen LogP contribution in [0.1, 0.15) is 15.9 Å². The highest BCUT2D eigenvalue weighted by Crippen LogP contribution is 2.27. The molecular formula is C16H15NO3. The van der Waals surface area contributed by atoms with E-state index in [0.29, 0.717) is 12.1 Å². The summed E-state index contributed by atoms with van der Waals surface area (Å²) in [6, 6.07) is 14.1. The summed E-state index contributed by atoms with van der Waals surface area (Å²) in [5, 5.41) is 12.0. The number of phenols is 1. The SMILES string of the molecule is O=C(NCC1Cc2ccccc2O1)c1ccc(O)cc1. The molecule has 4 heteroatoms. The average molecular weight is 269 g/mol. The number of carbonyl (C=O) groups excluding carboxylic acids is 1. The van der Waals surface area contributed by atoms with Gasteiger partial charge in [0.1, 0.15) is 17.6 Å². The van der Waals surface area contributed by atoms with Crippen molar-refractivity contribution in [1.82, 2.24) is 5.32 Å². The lowest BCUT2D eigenvalue weighted by Gasteiger charge is -2.12. The molecule has 4 nitrogen and oxygen atoms in total. The van der Waals surface area contributed by atoms with Gasteiger partial charge in [0.2, 0.25) is 0 Å². The highest BCUT2D eigenvalue weighted by molar-refractivity contribution is 5.94. The zero-order chi connectivity index (χ0) is 13.9. The fraction of sp³-hybridized carbons (Fsp3) is 0.188. The number of hydrogen-bond donors (Lipinski definition) is 2. The number of rotatable bonds is 3. The van der Waals surface area contributed by atoms with Crippen LogP contribution in [0.25, 0.3) is 0 Å². The van der Waals surface area contributed by atoms with Crippen molar-refractivity contribution in [2.45, 2.75) is 12.5 Å². The number of phenolic OH excluding ortho intramolecular Hbond substituents is 1. The first-order chi connectivity index (χ1) is 9.72. The third-order valence-electron chi connectivity index (χ3n) is 3.33. The molecule has 0 fully saturated rings. The van der Waals surface area contributed by atoms with Crippen LogP contribution >= 0.6 is 0 Å². The van der Waals surface area contributed by atoms with E-state index in [9.17, 15) is 9.90 Å². The number of nitrogens with one attached hydrogen (secondary N) is 1. The van der Waals surface area contributed by atoms with Crippen molar-refractivity contribution in [2.75, 3.05) is 6.54 Å². The molecule has 1 aliphatic rings. The Kier molecular flexibility index (Phi) is 3.29. The number of benzene rings is 2. The standard InChI is InChI=1S/C16H15NO3/c18-13-7-5-11(6-8-13)16(19)17-10-14-9-12-3-1-2-4-15(12)20-14/h1-8,14,18H,9-10H2,(H,17,19). The van der Waals surface area contributed by atoms with Gasteiger partial charge in [-0.05, 0) is 35.9 Å². The summed E-state index contributed by atoms with van der Waals surface area (Å²) >= 11 is 0. The Bertz CT molecular complexity index is 597. The summed E-state index contributed by atoms with van der Waals surface area (Å²) in [5.41, 5.74) is 1.70. The van der Waals surface area contributed by atoms with Gasteiger partial charge < -0.3 is 15.2 Å². The van der Waals surface area contributed by atoms with E-state index in [1.165, 1.54) is 17.7 Å². The lowest BCUT2D eigenvalue weighted by atomic mass is 10.1. The van der Waals surface area contributed by atoms with Crippen molar-refractivity contribution >= 4 is 5.91 Å². The quantitative estimate of drug-likeness (QED) is 0.897. The number of ether oxygens (including phenoxy) is 1. The normalized spacial score (nSPS) is 16.3. The molecule has 102 valence electrons. The van der Waals surface area contributed by atoms with Crippen molar-refractivity contribution in [3.8, 4) is 11.5 Å². The molecule has 1 atom stereocenters. The summed E-state index contributed by atoms with van der Waals surface area (Å²) in [4.78, 5) is 11.9. The van der Waals surface area contributed by atoms with Crippen LogP contribution in [0.2, 0.25) is 0 Å². The van der Waals surface area contributed by atoms with Crippen LogP contribution in [-0.2, 0) is 6.42 Å². The van der Waals surface area contributed by atoms with Crippen LogP contribution in [0.4, 0.5) is 0 Å². The van der Waals surface area contributed by atoms with Crippen molar-refractivity contribution in [2.24, 2.45) is 0 Å². The maximum absolute atomic E-state index is 11.9. The van der Waals surface area contributed by atoms with Gasteiger partial charge in [-0.3, -0.25) is 4.79 Å². The van der Waals surface area contributed by atoms with Crippen LogP contribution in [0.3, 0.4) is 0 Å². The van der Waals surface area contributed by atoms with Crippen molar-refractivity contribution in [3.63, 3.8) is 0 Å². The van der Waals surface area contributed by atoms with Crippen LogP contribution in [0, 0.1) is 0 Å². The Morgan fingerprint density at radius 1 is 1.20 bits per heavy atom. The van der Waals surface area contributed by atoms with Crippen LogP contribution in [0.15, 0.2) is 48.5 Å². The predicted octanol–water partition coefficient (Wildman–Crippen LogP) is 2.13. The highest BCUT2D eigenvalue weighted by Gasteiger charge is 2.22. The minimum atomic E-state index is -0.162. The molecule has 3 rings (SSSR count). The Balaban J connectivity index is 1.56. The van der Waals surface area contributed by atoms with E-state index in [1.54, 1.807) is 12.1 Å². The van der Waals surface area contributed by atoms with Gasteiger partial charge in [0, 0.05) is 12.0 Å². The maximum atomic E-state index is 11.9. The molecule has 20 heavy (non-hydrogen) atoms. The monoisotopic (exact) mass is 269 g/mol. The average Bonchev–Trinajstić information content (AvgIpc) is 2.88. The Labute approximate surface area is 117 Å². The summed E-state index contributed by atoms with van der Waals surface area (Å²) in [5.74, 6) is 0.886. The van der Waals surface area contributed by atoms with Crippen molar-refractivity contribution in [3.05, 3.63) is 59.7 Å². The molecule has 0 saturated heterocycles. The molecule has 1 aliphatic heterocycles. The van der Waals surface area contributed by atoms with Gasteiger partial charge in [0.25, 0.3) is 5.91 Å². The minimum absolute atomic E-state index is 0.0199. The zero-order valence-electron chi connectivity index (χ0n) is 10.9. The van der Waals surface area contributed by atoms with E-state index in [1.807, 2.05) is 24.3 Å². The highest BCUT2D eigenvalue weighted by atomic mass is 16.5. The fourth-order valence-corrected chi connectivity index (χ4v) is 2.29. The van der Waals surface area contributed by atoms with Gasteiger partial charge in [-0.2, -0.15) is 0 Å². The second kappa shape index (κ2) is 5.25. The molecule has 1 amide bonds. The van der Waals surface area contributed by atoms with Gasteiger partial charge in [0.05, 0.1) is 6.54 Å². The number of carbonyl (C=O) groups is 1. The van der Waals surface area contributed by atoms with Gasteiger partial charge in [-0.1, -0.05) is 18.2 Å². The molecule has 0 aromatic heterocycles. The van der Waals surface area contributed by atoms with Gasteiger partial charge in [-0.25, -0.2) is 0 Å². The van der Waals surface area contributed by atoms with Crippen molar-refractivity contribution in [1.29, 1.82) is 0 Å². The third-order valence-corrected chi connectivity index (χ3v) is 3.33. The first-order valence-corrected chi connectivity index (χ1v) is 6.54. The molecular weight excluding hydrogens is 254 g/mol. The smallest absolute Gasteiger partial charge is 0.251 e. The molecule has 2 N–H and O–H groups in total. The lowest BCUT2D eigenvalue weighted by Crippen LogP contribution is -2.34. The summed E-state index contributed by atoms with van der Waals surface area (Å²) < 4.78 is 5.76. The van der Waals surface area contributed by atoms with E-state index in [0.717, 1.165) is 12.2 Å². The van der Waals surface area contributed by atoms with E-state index in [4.69, 9.17) is 4.74 Å². The van der Waals surface area contributed by atoms with Gasteiger partial charge >= 0.3 is 0 Å². The van der Waals surface area contributed by atoms with E-state index < -0.39 is 0 Å². The summed E-state index contributed by atoms with van der Waals surface area (Å²) in [6.45, 7) is 0.467. The second-order valence-electron chi connectivity index (χ2n) is 4.81.